The van der Waals surface area contributed by atoms with Crippen molar-refractivity contribution in [1.29, 1.82) is 0 Å². The second kappa shape index (κ2) is 16.5. The number of rotatable bonds is 12. The van der Waals surface area contributed by atoms with Crippen LogP contribution in [0, 0.1) is 0 Å². The molecule has 0 bridgehead atoms. The van der Waals surface area contributed by atoms with Gasteiger partial charge in [-0.1, -0.05) is 97.1 Å². The monoisotopic (exact) mass is 545 g/mol. The first-order valence-corrected chi connectivity index (χ1v) is 20.2. The Bertz CT molecular complexity index is 569. The fraction of sp³-hybridized carbons (Fsp3) is 0.912. The highest BCUT2D eigenvalue weighted by molar-refractivity contribution is 7.59. The highest BCUT2D eigenvalue weighted by atomic mass is 31.1. The fourth-order valence-corrected chi connectivity index (χ4v) is 15.8. The minimum absolute atomic E-state index is 0.0309. The average Bonchev–Trinajstić information content (AvgIpc) is 2.95. The zero-order chi connectivity index (χ0) is 25.8. The smallest absolute Gasteiger partial charge is 0.0727 e. The van der Waals surface area contributed by atoms with Crippen molar-refractivity contribution in [2.24, 2.45) is 4.99 Å². The molecular weight excluding hydrogens is 484 g/mol. The standard InChI is InChI=1S/C34H61NP2/c1-34(2,26-15-16-28-36(30-18-7-3-8-19-30)31-20-9-4-10-21-31)35-27-17-29-37(32-22-11-5-12-23-32)33-24-13-6-14-25-33/h15,26-27,30-33H,3-14,16-25,28-29H2,1-2H3. The summed E-state index contributed by atoms with van der Waals surface area (Å²) in [5.74, 6) is 0. The van der Waals surface area contributed by atoms with E-state index in [1.54, 1.807) is 25.7 Å². The van der Waals surface area contributed by atoms with Crippen LogP contribution in [0.5, 0.6) is 0 Å². The van der Waals surface area contributed by atoms with E-state index in [9.17, 15) is 0 Å². The molecule has 4 aliphatic rings. The molecule has 0 saturated heterocycles. The first-order chi connectivity index (χ1) is 18.1. The van der Waals surface area contributed by atoms with E-state index in [4.69, 9.17) is 4.99 Å². The largest absolute Gasteiger partial charge is 0.287 e. The van der Waals surface area contributed by atoms with Crippen LogP contribution >= 0.6 is 15.8 Å². The lowest BCUT2D eigenvalue weighted by Gasteiger charge is -2.38. The second-order valence-electron chi connectivity index (χ2n) is 13.6. The molecule has 212 valence electrons. The predicted molar refractivity (Wildman–Crippen MR) is 172 cm³/mol. The van der Waals surface area contributed by atoms with Crippen molar-refractivity contribution in [3.8, 4) is 0 Å². The molecule has 4 rings (SSSR count). The van der Waals surface area contributed by atoms with Gasteiger partial charge in [-0.25, -0.2) is 0 Å². The fourth-order valence-electron chi connectivity index (χ4n) is 8.12. The lowest BCUT2D eigenvalue weighted by atomic mass is 9.99. The molecule has 0 unspecified atom stereocenters. The van der Waals surface area contributed by atoms with Crippen molar-refractivity contribution in [3.63, 3.8) is 0 Å². The van der Waals surface area contributed by atoms with Gasteiger partial charge in [0.1, 0.15) is 0 Å². The van der Waals surface area contributed by atoms with E-state index < -0.39 is 0 Å². The Morgan fingerprint density at radius 1 is 0.541 bits per heavy atom. The molecule has 4 saturated carbocycles. The lowest BCUT2D eigenvalue weighted by molar-refractivity contribution is 0.484. The van der Waals surface area contributed by atoms with Gasteiger partial charge in [-0.05, 0) is 113 Å². The molecule has 37 heavy (non-hydrogen) atoms. The molecule has 0 N–H and O–H groups in total. The van der Waals surface area contributed by atoms with Crippen LogP contribution in [-0.2, 0) is 0 Å². The van der Waals surface area contributed by atoms with E-state index in [1.807, 2.05) is 0 Å². The Balaban J connectivity index is 1.24. The van der Waals surface area contributed by atoms with Crippen molar-refractivity contribution < 1.29 is 0 Å². The summed E-state index contributed by atoms with van der Waals surface area (Å²) < 4.78 is 0. The predicted octanol–water partition coefficient (Wildman–Crippen LogP) is 11.5. The number of hydrogen-bond donors (Lipinski definition) is 0. The van der Waals surface area contributed by atoms with Crippen LogP contribution in [0.25, 0.3) is 0 Å². The molecule has 0 aromatic rings. The summed E-state index contributed by atoms with van der Waals surface area (Å²) in [6.45, 7) is 4.66. The molecule has 0 radical (unpaired) electrons. The normalized spacial score (nSPS) is 24.8. The van der Waals surface area contributed by atoms with Gasteiger partial charge in [-0.15, -0.1) is 7.92 Å². The molecule has 0 spiro atoms. The van der Waals surface area contributed by atoms with Crippen LogP contribution < -0.4 is 0 Å². The summed E-state index contributed by atoms with van der Waals surface area (Å²) in [5.41, 5.74) is 4.31. The third kappa shape index (κ3) is 10.3. The van der Waals surface area contributed by atoms with Gasteiger partial charge in [-0.2, -0.15) is 0 Å². The summed E-state index contributed by atoms with van der Waals surface area (Å²) in [6.07, 6.45) is 43.2. The van der Waals surface area contributed by atoms with E-state index in [0.717, 1.165) is 22.6 Å². The van der Waals surface area contributed by atoms with Gasteiger partial charge in [0.05, 0.1) is 5.54 Å². The number of hydrogen-bond acceptors (Lipinski definition) is 1. The Labute approximate surface area is 234 Å². The van der Waals surface area contributed by atoms with Crippen LogP contribution in [-0.4, -0.2) is 46.7 Å². The molecule has 1 nitrogen and oxygen atoms in total. The topological polar surface area (TPSA) is 12.4 Å². The van der Waals surface area contributed by atoms with Crippen molar-refractivity contribution in [2.75, 3.05) is 12.3 Å². The van der Waals surface area contributed by atoms with Gasteiger partial charge in [0.15, 0.2) is 0 Å². The van der Waals surface area contributed by atoms with Gasteiger partial charge in [0.2, 0.25) is 0 Å². The molecule has 4 aliphatic carbocycles. The van der Waals surface area contributed by atoms with Crippen LogP contribution in [0.15, 0.2) is 17.1 Å². The molecule has 0 aromatic heterocycles. The summed E-state index contributed by atoms with van der Waals surface area (Å²) in [7, 11) is 0.448. The SMILES string of the molecule is CC(C)(C=CCCP(C1CCCCC1)C1CCCCC1)N=CCCP(C1CCCCC1)C1CCCCC1. The van der Waals surface area contributed by atoms with Crippen LogP contribution in [0.1, 0.15) is 155 Å². The first kappa shape index (κ1) is 30.2. The van der Waals surface area contributed by atoms with Gasteiger partial charge >= 0.3 is 0 Å². The summed E-state index contributed by atoms with van der Waals surface area (Å²) in [4.78, 5) is 5.12. The molecule has 3 heteroatoms. The van der Waals surface area contributed by atoms with E-state index >= 15 is 0 Å². The molecule has 0 amide bonds. The summed E-state index contributed by atoms with van der Waals surface area (Å²) >= 11 is 0. The zero-order valence-corrected chi connectivity index (χ0v) is 26.6. The second-order valence-corrected chi connectivity index (χ2v) is 19.5. The van der Waals surface area contributed by atoms with Gasteiger partial charge in [0, 0.05) is 6.21 Å². The molecule has 0 heterocycles. The van der Waals surface area contributed by atoms with E-state index in [0.29, 0.717) is 0 Å². The molecule has 0 atom stereocenters. The van der Waals surface area contributed by atoms with Crippen LogP contribution in [0.2, 0.25) is 0 Å². The number of nitrogens with zero attached hydrogens (tertiary/aromatic N) is 1. The van der Waals surface area contributed by atoms with Crippen molar-refractivity contribution in [1.82, 2.24) is 0 Å². The average molecular weight is 546 g/mol. The minimum Gasteiger partial charge on any atom is -0.287 e. The maximum atomic E-state index is 5.12. The van der Waals surface area contributed by atoms with Crippen molar-refractivity contribution in [3.05, 3.63) is 12.2 Å². The van der Waals surface area contributed by atoms with Crippen molar-refractivity contribution >= 4 is 22.1 Å². The minimum atomic E-state index is -0.0309. The third-order valence-corrected chi connectivity index (χ3v) is 17.6. The number of allylic oxidation sites excluding steroid dienone is 1. The van der Waals surface area contributed by atoms with E-state index in [2.05, 4.69) is 32.2 Å². The zero-order valence-electron chi connectivity index (χ0n) is 24.9. The Kier molecular flexibility index (Phi) is 13.5. The first-order valence-electron chi connectivity index (χ1n) is 16.9. The Hall–Kier alpha value is 0.270. The quantitative estimate of drug-likeness (QED) is 0.131. The highest BCUT2D eigenvalue weighted by Crippen LogP contribution is 2.57. The molecule has 0 aliphatic heterocycles. The van der Waals surface area contributed by atoms with Gasteiger partial charge in [-0.3, -0.25) is 4.99 Å². The van der Waals surface area contributed by atoms with Gasteiger partial charge in [0.25, 0.3) is 0 Å². The Morgan fingerprint density at radius 3 is 1.27 bits per heavy atom. The summed E-state index contributed by atoms with van der Waals surface area (Å²) in [5, 5.41) is 0. The van der Waals surface area contributed by atoms with Gasteiger partial charge < -0.3 is 0 Å². The summed E-state index contributed by atoms with van der Waals surface area (Å²) in [6, 6.07) is 0. The maximum absolute atomic E-state index is 5.12. The number of aliphatic imine (C=N–C) groups is 1. The Morgan fingerprint density at radius 2 is 0.892 bits per heavy atom. The highest BCUT2D eigenvalue weighted by Gasteiger charge is 2.31. The molecule has 4 fully saturated rings. The van der Waals surface area contributed by atoms with Crippen LogP contribution in [0.3, 0.4) is 0 Å². The molecule has 0 aromatic carbocycles. The van der Waals surface area contributed by atoms with E-state index in [1.165, 1.54) is 128 Å². The maximum Gasteiger partial charge on any atom is 0.0727 e. The van der Waals surface area contributed by atoms with Crippen molar-refractivity contribution in [2.45, 2.75) is 183 Å². The molecular formula is C34H61NP2. The lowest BCUT2D eigenvalue weighted by Crippen LogP contribution is -2.22. The third-order valence-electron chi connectivity index (χ3n) is 10.2. The van der Waals surface area contributed by atoms with E-state index in [-0.39, 0.29) is 21.4 Å². The van der Waals surface area contributed by atoms with Crippen LogP contribution in [0.4, 0.5) is 0 Å².